The fourth-order valence-electron chi connectivity index (χ4n) is 7.17. The topological polar surface area (TPSA) is 42.0 Å². The van der Waals surface area contributed by atoms with Crippen LogP contribution >= 0.6 is 0 Å². The van der Waals surface area contributed by atoms with Crippen LogP contribution in [-0.4, -0.2) is 16.4 Å². The molecule has 4 bridgehead atoms. The molecule has 1 heterocycles. The summed E-state index contributed by atoms with van der Waals surface area (Å²) < 4.78 is 0. The van der Waals surface area contributed by atoms with Crippen molar-refractivity contribution in [3.63, 3.8) is 0 Å². The van der Waals surface area contributed by atoms with Crippen LogP contribution in [-0.2, 0) is 0 Å². The SMILES string of the molecule is Cc1ccc(-c2cc(C(=O)NC34CC5CC(CC(C5)C3)C4)c3ccccc3n2)c(C)c1. The monoisotopic (exact) mass is 410 g/mol. The summed E-state index contributed by atoms with van der Waals surface area (Å²) >= 11 is 0. The molecule has 4 aliphatic carbocycles. The van der Waals surface area contributed by atoms with E-state index in [1.807, 2.05) is 30.3 Å². The van der Waals surface area contributed by atoms with Gasteiger partial charge in [0.25, 0.3) is 5.91 Å². The highest BCUT2D eigenvalue weighted by Crippen LogP contribution is 2.55. The Morgan fingerprint density at radius 2 is 1.61 bits per heavy atom. The van der Waals surface area contributed by atoms with Gasteiger partial charge in [-0.15, -0.1) is 0 Å². The Labute approximate surface area is 184 Å². The Hall–Kier alpha value is -2.68. The number of rotatable bonds is 3. The van der Waals surface area contributed by atoms with Gasteiger partial charge < -0.3 is 5.32 Å². The number of pyridine rings is 1. The summed E-state index contributed by atoms with van der Waals surface area (Å²) in [5, 5.41) is 4.51. The molecule has 7 rings (SSSR count). The average molecular weight is 411 g/mol. The van der Waals surface area contributed by atoms with Crippen LogP contribution in [0.2, 0.25) is 0 Å². The summed E-state index contributed by atoms with van der Waals surface area (Å²) in [4.78, 5) is 18.7. The number of carbonyl (C=O) groups is 1. The first-order valence-electron chi connectivity index (χ1n) is 11.8. The Kier molecular flexibility index (Phi) is 4.25. The van der Waals surface area contributed by atoms with Crippen molar-refractivity contribution in [1.82, 2.24) is 10.3 Å². The predicted molar refractivity (Wildman–Crippen MR) is 125 cm³/mol. The molecule has 1 N–H and O–H groups in total. The van der Waals surface area contributed by atoms with E-state index in [1.165, 1.54) is 49.7 Å². The van der Waals surface area contributed by atoms with Gasteiger partial charge in [-0.05, 0) is 87.8 Å². The van der Waals surface area contributed by atoms with Crippen molar-refractivity contribution in [2.24, 2.45) is 17.8 Å². The highest BCUT2D eigenvalue weighted by Gasteiger charge is 2.51. The standard InChI is InChI=1S/C28H30N2O/c1-17-7-8-22(18(2)9-17)26-13-24(23-5-3-4-6-25(23)29-26)27(31)30-28-14-19-10-20(15-28)12-21(11-19)16-28/h3-9,13,19-21H,10-12,14-16H2,1-2H3,(H,30,31). The van der Waals surface area contributed by atoms with E-state index in [0.29, 0.717) is 0 Å². The van der Waals surface area contributed by atoms with Crippen LogP contribution in [0.15, 0.2) is 48.5 Å². The van der Waals surface area contributed by atoms with Crippen LogP contribution in [0.1, 0.15) is 60.0 Å². The molecule has 2 aromatic carbocycles. The Bertz CT molecular complexity index is 1160. The Balaban J connectivity index is 1.41. The highest BCUT2D eigenvalue weighted by atomic mass is 16.1. The number of hydrogen-bond acceptors (Lipinski definition) is 2. The van der Waals surface area contributed by atoms with Gasteiger partial charge in [0.2, 0.25) is 0 Å². The van der Waals surface area contributed by atoms with Gasteiger partial charge in [-0.2, -0.15) is 0 Å². The van der Waals surface area contributed by atoms with Crippen molar-refractivity contribution in [3.8, 4) is 11.3 Å². The Morgan fingerprint density at radius 1 is 0.935 bits per heavy atom. The third-order valence-electron chi connectivity index (χ3n) is 8.04. The maximum Gasteiger partial charge on any atom is 0.252 e. The molecule has 31 heavy (non-hydrogen) atoms. The first kappa shape index (κ1) is 19.0. The van der Waals surface area contributed by atoms with E-state index in [2.05, 4.69) is 37.4 Å². The van der Waals surface area contributed by atoms with Gasteiger partial charge in [0.15, 0.2) is 0 Å². The number of benzene rings is 2. The summed E-state index contributed by atoms with van der Waals surface area (Å²) in [5.41, 5.74) is 6.06. The summed E-state index contributed by atoms with van der Waals surface area (Å²) in [6.45, 7) is 4.23. The lowest BCUT2D eigenvalue weighted by atomic mass is 9.53. The molecule has 0 atom stereocenters. The van der Waals surface area contributed by atoms with Crippen molar-refractivity contribution in [3.05, 3.63) is 65.2 Å². The Morgan fingerprint density at radius 3 is 2.29 bits per heavy atom. The summed E-state index contributed by atoms with van der Waals surface area (Å²) in [5.74, 6) is 2.51. The molecule has 3 aromatic rings. The van der Waals surface area contributed by atoms with Crippen molar-refractivity contribution >= 4 is 16.8 Å². The van der Waals surface area contributed by atoms with Crippen LogP contribution in [0.5, 0.6) is 0 Å². The van der Waals surface area contributed by atoms with Crippen LogP contribution < -0.4 is 5.32 Å². The van der Waals surface area contributed by atoms with E-state index in [4.69, 9.17) is 4.98 Å². The minimum atomic E-state index is 0.0101. The van der Waals surface area contributed by atoms with E-state index in [1.54, 1.807) is 0 Å². The van der Waals surface area contributed by atoms with Crippen LogP contribution in [0, 0.1) is 31.6 Å². The average Bonchev–Trinajstić information content (AvgIpc) is 2.71. The van der Waals surface area contributed by atoms with E-state index >= 15 is 0 Å². The molecule has 0 saturated heterocycles. The third kappa shape index (κ3) is 3.26. The minimum Gasteiger partial charge on any atom is -0.347 e. The lowest BCUT2D eigenvalue weighted by Crippen LogP contribution is -2.59. The molecule has 1 amide bonds. The van der Waals surface area contributed by atoms with E-state index in [-0.39, 0.29) is 11.4 Å². The number of aromatic nitrogens is 1. The van der Waals surface area contributed by atoms with Gasteiger partial charge in [-0.3, -0.25) is 4.79 Å². The molecule has 0 spiro atoms. The molecule has 0 aliphatic heterocycles. The summed E-state index contributed by atoms with van der Waals surface area (Å²) in [6, 6.07) is 16.5. The largest absolute Gasteiger partial charge is 0.347 e. The first-order valence-corrected chi connectivity index (χ1v) is 11.8. The van der Waals surface area contributed by atoms with E-state index in [0.717, 1.165) is 45.5 Å². The zero-order valence-corrected chi connectivity index (χ0v) is 18.4. The van der Waals surface area contributed by atoms with Crippen molar-refractivity contribution < 1.29 is 4.79 Å². The molecule has 3 nitrogen and oxygen atoms in total. The molecule has 4 aliphatic rings. The predicted octanol–water partition coefficient (Wildman–Crippen LogP) is 6.22. The van der Waals surface area contributed by atoms with Gasteiger partial charge in [0.05, 0.1) is 16.8 Å². The number of nitrogens with one attached hydrogen (secondary N) is 1. The maximum absolute atomic E-state index is 13.7. The fourth-order valence-corrected chi connectivity index (χ4v) is 7.17. The number of nitrogens with zero attached hydrogens (tertiary/aromatic N) is 1. The molecule has 158 valence electrons. The molecule has 3 heteroatoms. The molecule has 1 aromatic heterocycles. The van der Waals surface area contributed by atoms with Crippen LogP contribution in [0.4, 0.5) is 0 Å². The smallest absolute Gasteiger partial charge is 0.252 e. The molecule has 4 fully saturated rings. The van der Waals surface area contributed by atoms with Gasteiger partial charge in [0.1, 0.15) is 0 Å². The van der Waals surface area contributed by atoms with Crippen molar-refractivity contribution in [2.45, 2.75) is 57.9 Å². The second-order valence-electron chi connectivity index (χ2n) is 10.5. The van der Waals surface area contributed by atoms with Gasteiger partial charge in [-0.1, -0.05) is 42.0 Å². The second-order valence-corrected chi connectivity index (χ2v) is 10.5. The normalized spacial score (nSPS) is 28.8. The van der Waals surface area contributed by atoms with Gasteiger partial charge in [0, 0.05) is 16.5 Å². The van der Waals surface area contributed by atoms with Crippen LogP contribution in [0.3, 0.4) is 0 Å². The zero-order valence-electron chi connectivity index (χ0n) is 18.4. The van der Waals surface area contributed by atoms with E-state index < -0.39 is 0 Å². The fraction of sp³-hybridized carbons (Fsp3) is 0.429. The van der Waals surface area contributed by atoms with Crippen molar-refractivity contribution in [1.29, 1.82) is 0 Å². The molecule has 0 radical (unpaired) electrons. The number of amides is 1. The molecule has 4 saturated carbocycles. The lowest BCUT2D eigenvalue weighted by molar-refractivity contribution is -0.0166. The number of hydrogen-bond donors (Lipinski definition) is 1. The van der Waals surface area contributed by atoms with Crippen molar-refractivity contribution in [2.75, 3.05) is 0 Å². The maximum atomic E-state index is 13.7. The van der Waals surface area contributed by atoms with Gasteiger partial charge in [-0.25, -0.2) is 4.98 Å². The number of para-hydroxylation sites is 1. The molecular formula is C28H30N2O. The number of aryl methyl sites for hydroxylation is 2. The molecular weight excluding hydrogens is 380 g/mol. The quantitative estimate of drug-likeness (QED) is 0.557. The highest BCUT2D eigenvalue weighted by molar-refractivity contribution is 6.07. The summed E-state index contributed by atoms with van der Waals surface area (Å²) in [6.07, 6.45) is 7.63. The number of fused-ring (bicyclic) bond motifs is 1. The molecule has 0 unspecified atom stereocenters. The third-order valence-corrected chi connectivity index (χ3v) is 8.04. The minimum absolute atomic E-state index is 0.0101. The van der Waals surface area contributed by atoms with E-state index in [9.17, 15) is 4.79 Å². The first-order chi connectivity index (χ1) is 15.0. The lowest BCUT2D eigenvalue weighted by Gasteiger charge is -2.56. The summed E-state index contributed by atoms with van der Waals surface area (Å²) in [7, 11) is 0. The second kappa shape index (κ2) is 6.91. The number of carbonyl (C=O) groups excluding carboxylic acids is 1. The van der Waals surface area contributed by atoms with Gasteiger partial charge >= 0.3 is 0 Å². The van der Waals surface area contributed by atoms with Crippen LogP contribution in [0.25, 0.3) is 22.2 Å². The zero-order chi connectivity index (χ0) is 21.2.